The Hall–Kier alpha value is -2.35. The fourth-order valence-corrected chi connectivity index (χ4v) is 3.18. The fourth-order valence-electron chi connectivity index (χ4n) is 3.18. The molecule has 0 aromatic heterocycles. The Labute approximate surface area is 185 Å². The van der Waals surface area contributed by atoms with Gasteiger partial charge in [0.1, 0.15) is 12.4 Å². The SMILES string of the molecule is COCCOC(=O)/C=C/C1C=CC(OCCCCCCOC2C=CC(N)=CC2N)=CC1. The normalized spacial score (nSPS) is 23.0. The van der Waals surface area contributed by atoms with Gasteiger partial charge in [-0.15, -0.1) is 0 Å². The van der Waals surface area contributed by atoms with Crippen LogP contribution in [0, 0.1) is 5.92 Å². The molecule has 3 atom stereocenters. The first kappa shape index (κ1) is 24.9. The van der Waals surface area contributed by atoms with E-state index in [9.17, 15) is 4.79 Å². The smallest absolute Gasteiger partial charge is 0.330 e. The highest BCUT2D eigenvalue weighted by atomic mass is 16.6. The predicted molar refractivity (Wildman–Crippen MR) is 121 cm³/mol. The molecule has 2 aliphatic carbocycles. The molecule has 2 aliphatic rings. The van der Waals surface area contributed by atoms with Crippen molar-refractivity contribution in [2.24, 2.45) is 17.4 Å². The summed E-state index contributed by atoms with van der Waals surface area (Å²) in [5, 5.41) is 0. The summed E-state index contributed by atoms with van der Waals surface area (Å²) in [6, 6.07) is -0.167. The Balaban J connectivity index is 1.47. The maximum atomic E-state index is 11.5. The average Bonchev–Trinajstić information content (AvgIpc) is 2.76. The zero-order valence-corrected chi connectivity index (χ0v) is 18.4. The van der Waals surface area contributed by atoms with Crippen LogP contribution in [0.5, 0.6) is 0 Å². The summed E-state index contributed by atoms with van der Waals surface area (Å²) >= 11 is 0. The van der Waals surface area contributed by atoms with E-state index < -0.39 is 0 Å². The molecule has 0 heterocycles. The lowest BCUT2D eigenvalue weighted by Crippen LogP contribution is -2.36. The van der Waals surface area contributed by atoms with E-state index in [1.54, 1.807) is 7.11 Å². The molecule has 0 fully saturated rings. The first-order valence-electron chi connectivity index (χ1n) is 11.0. The molecule has 7 heteroatoms. The van der Waals surface area contributed by atoms with Crippen LogP contribution in [-0.4, -0.2) is 51.7 Å². The predicted octanol–water partition coefficient (Wildman–Crippen LogP) is 2.89. The number of hydrogen-bond donors (Lipinski definition) is 2. The molecule has 0 aromatic rings. The number of methoxy groups -OCH3 is 1. The van der Waals surface area contributed by atoms with Crippen molar-refractivity contribution in [1.82, 2.24) is 0 Å². The van der Waals surface area contributed by atoms with Gasteiger partial charge < -0.3 is 30.4 Å². The Morgan fingerprint density at radius 2 is 1.90 bits per heavy atom. The van der Waals surface area contributed by atoms with Crippen LogP contribution in [0.3, 0.4) is 0 Å². The third-order valence-electron chi connectivity index (χ3n) is 4.97. The summed E-state index contributed by atoms with van der Waals surface area (Å²) < 4.78 is 21.5. The van der Waals surface area contributed by atoms with E-state index in [1.165, 1.54) is 6.08 Å². The molecule has 0 saturated carbocycles. The molecule has 0 spiro atoms. The monoisotopic (exact) mass is 432 g/mol. The largest absolute Gasteiger partial charge is 0.494 e. The molecule has 172 valence electrons. The second-order valence-electron chi connectivity index (χ2n) is 7.59. The minimum atomic E-state index is -0.346. The van der Waals surface area contributed by atoms with Crippen LogP contribution in [0.1, 0.15) is 32.1 Å². The minimum absolute atomic E-state index is 0.0827. The lowest BCUT2D eigenvalue weighted by molar-refractivity contribution is -0.139. The van der Waals surface area contributed by atoms with Crippen LogP contribution >= 0.6 is 0 Å². The average molecular weight is 433 g/mol. The van der Waals surface area contributed by atoms with E-state index >= 15 is 0 Å². The molecule has 0 radical (unpaired) electrons. The first-order valence-corrected chi connectivity index (χ1v) is 11.0. The number of hydrogen-bond acceptors (Lipinski definition) is 7. The van der Waals surface area contributed by atoms with Crippen molar-refractivity contribution < 1.29 is 23.7 Å². The third-order valence-corrected chi connectivity index (χ3v) is 4.97. The summed E-state index contributed by atoms with van der Waals surface area (Å²) in [4.78, 5) is 11.5. The number of ether oxygens (including phenoxy) is 4. The molecule has 0 amide bonds. The number of rotatable bonds is 14. The minimum Gasteiger partial charge on any atom is -0.494 e. The van der Waals surface area contributed by atoms with Crippen molar-refractivity contribution in [2.75, 3.05) is 33.5 Å². The zero-order valence-electron chi connectivity index (χ0n) is 18.4. The highest BCUT2D eigenvalue weighted by Crippen LogP contribution is 2.19. The van der Waals surface area contributed by atoms with Gasteiger partial charge in [0.15, 0.2) is 0 Å². The highest BCUT2D eigenvalue weighted by Gasteiger charge is 2.16. The lowest BCUT2D eigenvalue weighted by Gasteiger charge is -2.22. The molecule has 2 rings (SSSR count). The van der Waals surface area contributed by atoms with Crippen LogP contribution in [0.4, 0.5) is 0 Å². The quantitative estimate of drug-likeness (QED) is 0.247. The third kappa shape index (κ3) is 10.5. The molecule has 0 saturated heterocycles. The van der Waals surface area contributed by atoms with Gasteiger partial charge in [0, 0.05) is 25.5 Å². The van der Waals surface area contributed by atoms with Gasteiger partial charge in [-0.1, -0.05) is 24.6 Å². The van der Waals surface area contributed by atoms with E-state index in [2.05, 4.69) is 6.08 Å². The molecular weight excluding hydrogens is 396 g/mol. The number of carbonyl (C=O) groups excluding carboxylic acids is 1. The van der Waals surface area contributed by atoms with Gasteiger partial charge in [-0.25, -0.2) is 4.79 Å². The van der Waals surface area contributed by atoms with Gasteiger partial charge in [-0.3, -0.25) is 0 Å². The number of nitrogens with two attached hydrogens (primary N) is 2. The van der Waals surface area contributed by atoms with Gasteiger partial charge in [0.05, 0.1) is 25.4 Å². The molecule has 31 heavy (non-hydrogen) atoms. The second-order valence-corrected chi connectivity index (χ2v) is 7.59. The summed E-state index contributed by atoms with van der Waals surface area (Å²) in [6.07, 6.45) is 19.9. The van der Waals surface area contributed by atoms with Crippen molar-refractivity contribution in [3.8, 4) is 0 Å². The summed E-state index contributed by atoms with van der Waals surface area (Å²) in [6.45, 7) is 2.06. The van der Waals surface area contributed by atoms with Crippen LogP contribution in [0.15, 0.2) is 60.1 Å². The Bertz CT molecular complexity index is 696. The molecular formula is C24H36N2O5. The molecule has 3 unspecified atom stereocenters. The van der Waals surface area contributed by atoms with Gasteiger partial charge in [-0.05, 0) is 55.9 Å². The maximum Gasteiger partial charge on any atom is 0.330 e. The van der Waals surface area contributed by atoms with E-state index in [1.807, 2.05) is 36.5 Å². The Morgan fingerprint density at radius 1 is 1.10 bits per heavy atom. The Morgan fingerprint density at radius 3 is 2.61 bits per heavy atom. The maximum absolute atomic E-state index is 11.5. The molecule has 0 aliphatic heterocycles. The second kappa shape index (κ2) is 14.6. The highest BCUT2D eigenvalue weighted by molar-refractivity contribution is 5.81. The van der Waals surface area contributed by atoms with Crippen molar-refractivity contribution in [2.45, 2.75) is 44.2 Å². The van der Waals surface area contributed by atoms with Crippen molar-refractivity contribution in [3.63, 3.8) is 0 Å². The number of unbranched alkanes of at least 4 members (excludes halogenated alkanes) is 3. The summed E-state index contributed by atoms with van der Waals surface area (Å²) in [5.74, 6) is 0.726. The van der Waals surface area contributed by atoms with Crippen molar-refractivity contribution in [1.29, 1.82) is 0 Å². The van der Waals surface area contributed by atoms with E-state index in [-0.39, 0.29) is 30.6 Å². The van der Waals surface area contributed by atoms with Gasteiger partial charge >= 0.3 is 5.97 Å². The first-order chi connectivity index (χ1) is 15.1. The number of carbonyl (C=O) groups is 1. The standard InChI is InChI=1S/C24H36N2O5/c1-28-16-17-31-24(27)13-8-19-6-10-21(11-7-19)29-14-4-2-3-5-15-30-23-12-9-20(25)18-22(23)26/h6,8-13,18-19,22-23H,2-5,7,14-17,25-26H2,1H3/b13-8+. The van der Waals surface area contributed by atoms with E-state index in [0.29, 0.717) is 25.5 Å². The van der Waals surface area contributed by atoms with E-state index in [4.69, 9.17) is 30.4 Å². The van der Waals surface area contributed by atoms with Crippen LogP contribution in [0.25, 0.3) is 0 Å². The number of allylic oxidation sites excluding steroid dienone is 5. The summed E-state index contributed by atoms with van der Waals surface area (Å²) in [7, 11) is 1.57. The fraction of sp³-hybridized carbons (Fsp3) is 0.542. The van der Waals surface area contributed by atoms with Crippen LogP contribution < -0.4 is 11.5 Å². The van der Waals surface area contributed by atoms with Crippen LogP contribution in [0.2, 0.25) is 0 Å². The molecule has 4 N–H and O–H groups in total. The topological polar surface area (TPSA) is 106 Å². The molecule has 7 nitrogen and oxygen atoms in total. The van der Waals surface area contributed by atoms with Crippen molar-refractivity contribution in [3.05, 3.63) is 60.1 Å². The van der Waals surface area contributed by atoms with Gasteiger partial charge in [0.25, 0.3) is 0 Å². The molecule has 0 aromatic carbocycles. The van der Waals surface area contributed by atoms with Gasteiger partial charge in [0.2, 0.25) is 0 Å². The lowest BCUT2D eigenvalue weighted by atomic mass is 9.99. The van der Waals surface area contributed by atoms with Crippen molar-refractivity contribution >= 4 is 5.97 Å². The summed E-state index contributed by atoms with van der Waals surface area (Å²) in [5.41, 5.74) is 12.4. The Kier molecular flexibility index (Phi) is 11.8. The molecule has 0 bridgehead atoms. The van der Waals surface area contributed by atoms with E-state index in [0.717, 1.165) is 37.9 Å². The zero-order chi connectivity index (χ0) is 22.3. The van der Waals surface area contributed by atoms with Crippen LogP contribution in [-0.2, 0) is 23.7 Å². The number of esters is 1. The van der Waals surface area contributed by atoms with Gasteiger partial charge in [-0.2, -0.15) is 0 Å².